The zero-order valence-corrected chi connectivity index (χ0v) is 32.2. The van der Waals surface area contributed by atoms with E-state index in [4.69, 9.17) is 9.57 Å². The summed E-state index contributed by atoms with van der Waals surface area (Å²) in [6.07, 6.45) is 6.63. The van der Waals surface area contributed by atoms with Gasteiger partial charge in [-0.1, -0.05) is 62.4 Å². The van der Waals surface area contributed by atoms with Gasteiger partial charge in [0.15, 0.2) is 9.84 Å². The predicted molar refractivity (Wildman–Crippen MR) is 196 cm³/mol. The summed E-state index contributed by atoms with van der Waals surface area (Å²) in [5.41, 5.74) is 0.250. The van der Waals surface area contributed by atoms with Gasteiger partial charge >= 0.3 is 6.16 Å². The first kappa shape index (κ1) is 41.3. The molecule has 0 spiro atoms. The minimum Gasteiger partial charge on any atom is -0.427 e. The summed E-state index contributed by atoms with van der Waals surface area (Å²) in [6.45, 7) is 9.83. The van der Waals surface area contributed by atoms with Crippen LogP contribution in [0.2, 0.25) is 0 Å². The van der Waals surface area contributed by atoms with E-state index in [9.17, 15) is 33.0 Å². The second-order valence-corrected chi connectivity index (χ2v) is 19.3. The van der Waals surface area contributed by atoms with Gasteiger partial charge in [0.05, 0.1) is 40.5 Å². The molecule has 2 amide bonds. The molecular formula is C38H58N4O9S. The number of imidazole rings is 1. The highest BCUT2D eigenvalue weighted by molar-refractivity contribution is 7.92. The van der Waals surface area contributed by atoms with Crippen molar-refractivity contribution in [1.29, 1.82) is 0 Å². The normalized spacial score (nSPS) is 18.8. The number of nitrogens with zero attached hydrogens (tertiary/aromatic N) is 2. The number of hydrogen-bond acceptors (Lipinski definition) is 10. The summed E-state index contributed by atoms with van der Waals surface area (Å²) < 4.78 is 31.9. The second kappa shape index (κ2) is 17.6. The molecule has 2 fully saturated rings. The van der Waals surface area contributed by atoms with E-state index >= 15 is 0 Å². The number of rotatable bonds is 16. The zero-order chi connectivity index (χ0) is 38.3. The van der Waals surface area contributed by atoms with E-state index in [1.165, 1.54) is 12.5 Å². The lowest BCUT2D eigenvalue weighted by Crippen LogP contribution is -2.57. The molecule has 5 atom stereocenters. The van der Waals surface area contributed by atoms with E-state index in [0.29, 0.717) is 6.42 Å². The molecule has 1 heterocycles. The van der Waals surface area contributed by atoms with Crippen molar-refractivity contribution in [2.75, 3.05) is 5.75 Å². The highest BCUT2D eigenvalue weighted by atomic mass is 32.2. The Balaban J connectivity index is 1.61. The number of nitrogens with one attached hydrogen (secondary N) is 2. The summed E-state index contributed by atoms with van der Waals surface area (Å²) in [5.74, 6) is -2.50. The highest BCUT2D eigenvalue weighted by Gasteiger charge is 2.41. The average molecular weight is 747 g/mol. The van der Waals surface area contributed by atoms with E-state index < -0.39 is 74.1 Å². The molecule has 0 radical (unpaired) electrons. The molecular weight excluding hydrogens is 689 g/mol. The average Bonchev–Trinajstić information content (AvgIpc) is 3.82. The van der Waals surface area contributed by atoms with E-state index in [1.807, 2.05) is 30.3 Å². The SMILES string of the molecule is CC(C)(C)OC(=O)On1cnc(C[C@H](NC(=O)[C@H](Cc2ccccc2)CS(=O)(=O)C(C)(C)C)C(=O)N[C@@H](CC2CCCCC2)[C@@H](O)[C@@H](O)C2CC2)c1. The monoisotopic (exact) mass is 746 g/mol. The largest absolute Gasteiger partial charge is 0.534 e. The number of sulfone groups is 1. The van der Waals surface area contributed by atoms with E-state index in [0.717, 1.165) is 55.2 Å². The molecule has 2 aliphatic rings. The Hall–Kier alpha value is -3.49. The molecule has 2 aliphatic carbocycles. The number of aliphatic hydroxyl groups excluding tert-OH is 2. The number of carbonyl (C=O) groups is 3. The third kappa shape index (κ3) is 12.6. The van der Waals surface area contributed by atoms with Crippen LogP contribution in [0, 0.1) is 17.8 Å². The van der Waals surface area contributed by atoms with Gasteiger partial charge in [0.2, 0.25) is 11.8 Å². The Morgan fingerprint density at radius 2 is 1.58 bits per heavy atom. The number of ether oxygens (including phenoxy) is 1. The number of amides is 2. The summed E-state index contributed by atoms with van der Waals surface area (Å²) in [4.78, 5) is 50.1. The lowest BCUT2D eigenvalue weighted by atomic mass is 9.82. The number of aliphatic hydroxyl groups is 2. The first-order valence-electron chi connectivity index (χ1n) is 18.5. The Bertz CT molecular complexity index is 1590. The van der Waals surface area contributed by atoms with Crippen molar-refractivity contribution >= 4 is 27.8 Å². The number of hydrogen-bond donors (Lipinski definition) is 4. The van der Waals surface area contributed by atoms with Crippen LogP contribution in [0.15, 0.2) is 42.9 Å². The molecule has 0 bridgehead atoms. The maximum Gasteiger partial charge on any atom is 0.534 e. The molecule has 0 unspecified atom stereocenters. The molecule has 52 heavy (non-hydrogen) atoms. The fourth-order valence-corrected chi connectivity index (χ4v) is 7.81. The molecule has 4 N–H and O–H groups in total. The van der Waals surface area contributed by atoms with Crippen molar-refractivity contribution in [3.05, 3.63) is 54.1 Å². The second-order valence-electron chi connectivity index (χ2n) is 16.5. The van der Waals surface area contributed by atoms with Crippen LogP contribution >= 0.6 is 0 Å². The van der Waals surface area contributed by atoms with Crippen molar-refractivity contribution in [3.63, 3.8) is 0 Å². The lowest BCUT2D eigenvalue weighted by molar-refractivity contribution is -0.132. The van der Waals surface area contributed by atoms with Crippen LogP contribution in [0.1, 0.15) is 104 Å². The molecule has 290 valence electrons. The maximum absolute atomic E-state index is 14.2. The number of carbonyl (C=O) groups excluding carboxylic acids is 3. The van der Waals surface area contributed by atoms with Gasteiger partial charge in [-0.05, 0) is 84.6 Å². The van der Waals surface area contributed by atoms with Crippen molar-refractivity contribution in [1.82, 2.24) is 20.3 Å². The van der Waals surface area contributed by atoms with Crippen LogP contribution in [0.5, 0.6) is 0 Å². The van der Waals surface area contributed by atoms with Gasteiger partial charge in [0, 0.05) is 6.42 Å². The van der Waals surface area contributed by atoms with Crippen LogP contribution in [0.4, 0.5) is 4.79 Å². The molecule has 4 rings (SSSR count). The van der Waals surface area contributed by atoms with Crippen molar-refractivity contribution in [2.45, 2.75) is 140 Å². The Labute approximate surface area is 308 Å². The standard InChI is InChI=1S/C38H58N4O9S/c1-37(2,3)50-36(47)51-42-22-29(39-24-42)21-31(35(46)40-30(20-26-15-11-8-12-16-26)33(44)32(43)27-17-18-27)41-34(45)28(19-25-13-9-7-10-14-25)23-52(48,49)38(4,5)6/h7,9-10,13-14,22,24,26-28,30-33,43-44H,8,11-12,15-21,23H2,1-6H3,(H,40,46)(H,41,45)/t28-,30+,31+,32+,33-/m1/s1. The summed E-state index contributed by atoms with van der Waals surface area (Å²) in [6, 6.07) is 7.04. The minimum absolute atomic E-state index is 0.0336. The fourth-order valence-electron chi connectivity index (χ4n) is 6.51. The first-order valence-corrected chi connectivity index (χ1v) is 20.1. The van der Waals surface area contributed by atoms with Gasteiger partial charge in [-0.2, -0.15) is 4.73 Å². The molecule has 2 saturated carbocycles. The smallest absolute Gasteiger partial charge is 0.427 e. The number of benzene rings is 1. The minimum atomic E-state index is -3.76. The number of aromatic nitrogens is 2. The van der Waals surface area contributed by atoms with Gasteiger partial charge in [0.1, 0.15) is 24.1 Å². The van der Waals surface area contributed by atoms with Gasteiger partial charge in [-0.3, -0.25) is 9.59 Å². The molecule has 14 heteroatoms. The zero-order valence-electron chi connectivity index (χ0n) is 31.4. The van der Waals surface area contributed by atoms with Crippen molar-refractivity contribution < 1.29 is 42.6 Å². The Morgan fingerprint density at radius 1 is 0.923 bits per heavy atom. The quantitative estimate of drug-likeness (QED) is 0.184. The topological polar surface area (TPSA) is 186 Å². The van der Waals surface area contributed by atoms with Crippen LogP contribution in [0.3, 0.4) is 0 Å². The lowest BCUT2D eigenvalue weighted by Gasteiger charge is -2.33. The van der Waals surface area contributed by atoms with Crippen LogP contribution in [-0.2, 0) is 37.0 Å². The molecule has 13 nitrogen and oxygen atoms in total. The summed E-state index contributed by atoms with van der Waals surface area (Å²) in [5, 5.41) is 28.0. The third-order valence-corrected chi connectivity index (χ3v) is 12.5. The third-order valence-electron chi connectivity index (χ3n) is 9.79. The maximum atomic E-state index is 14.2. The van der Waals surface area contributed by atoms with E-state index in [-0.39, 0.29) is 30.4 Å². The molecule has 0 saturated heterocycles. The Morgan fingerprint density at radius 3 is 2.17 bits per heavy atom. The van der Waals surface area contributed by atoms with Crippen molar-refractivity contribution in [3.8, 4) is 0 Å². The fraction of sp³-hybridized carbons (Fsp3) is 0.684. The summed E-state index contributed by atoms with van der Waals surface area (Å²) >= 11 is 0. The predicted octanol–water partition coefficient (Wildman–Crippen LogP) is 3.93. The van der Waals surface area contributed by atoms with Gasteiger partial charge < -0.3 is 30.4 Å². The van der Waals surface area contributed by atoms with Crippen LogP contribution < -0.4 is 15.5 Å². The Kier molecular flexibility index (Phi) is 13.9. The van der Waals surface area contributed by atoms with Crippen LogP contribution in [-0.4, -0.2) is 86.7 Å². The van der Waals surface area contributed by atoms with E-state index in [1.54, 1.807) is 41.5 Å². The molecule has 2 aromatic rings. The van der Waals surface area contributed by atoms with Gasteiger partial charge in [-0.15, -0.1) is 0 Å². The van der Waals surface area contributed by atoms with E-state index in [2.05, 4.69) is 15.6 Å². The molecule has 1 aromatic heterocycles. The van der Waals surface area contributed by atoms with Gasteiger partial charge in [-0.25, -0.2) is 18.2 Å². The van der Waals surface area contributed by atoms with Gasteiger partial charge in [0.25, 0.3) is 0 Å². The first-order chi connectivity index (χ1) is 24.3. The molecule has 0 aliphatic heterocycles. The summed E-state index contributed by atoms with van der Waals surface area (Å²) in [7, 11) is -3.76. The van der Waals surface area contributed by atoms with Crippen molar-refractivity contribution in [2.24, 2.45) is 17.8 Å². The highest BCUT2D eigenvalue weighted by Crippen LogP contribution is 2.36. The molecule has 1 aromatic carbocycles. The van der Waals surface area contributed by atoms with Crippen LogP contribution in [0.25, 0.3) is 0 Å².